The van der Waals surface area contributed by atoms with Crippen LogP contribution < -0.4 is 10.1 Å². The lowest BCUT2D eigenvalue weighted by Gasteiger charge is -2.12. The van der Waals surface area contributed by atoms with Gasteiger partial charge < -0.3 is 15.0 Å². The van der Waals surface area contributed by atoms with Crippen molar-refractivity contribution in [3.05, 3.63) is 102 Å². The molecule has 3 aromatic carbocycles. The molecule has 7 heteroatoms. The number of nitrogens with one attached hydrogen (secondary N) is 2. The Morgan fingerprint density at radius 3 is 2.47 bits per heavy atom. The number of aryl methyl sites for hydroxylation is 1. The molecule has 5 rings (SSSR count). The number of rotatable bonds is 7. The zero-order valence-electron chi connectivity index (χ0n) is 17.5. The lowest BCUT2D eigenvalue weighted by atomic mass is 10.2. The van der Waals surface area contributed by atoms with Gasteiger partial charge in [-0.05, 0) is 55.5 Å². The predicted molar refractivity (Wildman–Crippen MR) is 121 cm³/mol. The van der Waals surface area contributed by atoms with E-state index in [2.05, 4.69) is 15.3 Å². The molecule has 0 unspecified atom stereocenters. The number of halogens is 1. The van der Waals surface area contributed by atoms with E-state index in [1.807, 2.05) is 61.5 Å². The van der Waals surface area contributed by atoms with Crippen LogP contribution in [0.3, 0.4) is 0 Å². The fourth-order valence-corrected chi connectivity index (χ4v) is 3.60. The highest BCUT2D eigenvalue weighted by atomic mass is 19.1. The monoisotopic (exact) mass is 427 g/mol. The number of imidazole rings is 1. The second-order valence-electron chi connectivity index (χ2n) is 7.48. The summed E-state index contributed by atoms with van der Waals surface area (Å²) >= 11 is 0. The van der Waals surface area contributed by atoms with Crippen LogP contribution in [0.2, 0.25) is 0 Å². The average molecular weight is 427 g/mol. The molecule has 0 atom stereocenters. The summed E-state index contributed by atoms with van der Waals surface area (Å²) in [5, 5.41) is 8.14. The Balaban J connectivity index is 1.42. The summed E-state index contributed by atoms with van der Waals surface area (Å²) in [7, 11) is 0. The minimum atomic E-state index is -0.308. The van der Waals surface area contributed by atoms with Crippen LogP contribution in [0.15, 0.2) is 78.9 Å². The molecule has 2 aromatic heterocycles. The largest absolute Gasteiger partial charge is 0.439 e. The van der Waals surface area contributed by atoms with E-state index < -0.39 is 0 Å². The standard InChI is InChI=1S/C25H22FN5O/c1-17-21(15-27-16-24-28-22-9-5-6-10-23(22)29-24)25(32-20-13-11-18(26)12-14-20)31(30-17)19-7-3-2-4-8-19/h2-14,27H,15-16H2,1H3,(H,28,29). The zero-order valence-corrected chi connectivity index (χ0v) is 17.5. The molecule has 0 aliphatic carbocycles. The highest BCUT2D eigenvalue weighted by molar-refractivity contribution is 5.74. The van der Waals surface area contributed by atoms with Gasteiger partial charge in [-0.2, -0.15) is 5.10 Å². The fraction of sp³-hybridized carbons (Fsp3) is 0.120. The molecule has 0 bridgehead atoms. The number of H-pyrrole nitrogens is 1. The minimum absolute atomic E-state index is 0.308. The number of ether oxygens (including phenoxy) is 1. The number of benzene rings is 3. The number of fused-ring (bicyclic) bond motifs is 1. The quantitative estimate of drug-likeness (QED) is 0.371. The Morgan fingerprint density at radius 1 is 0.938 bits per heavy atom. The molecule has 0 saturated heterocycles. The highest BCUT2D eigenvalue weighted by Gasteiger charge is 2.19. The van der Waals surface area contributed by atoms with E-state index in [4.69, 9.17) is 9.84 Å². The van der Waals surface area contributed by atoms with Crippen molar-refractivity contribution >= 4 is 11.0 Å². The van der Waals surface area contributed by atoms with Crippen molar-refractivity contribution in [2.24, 2.45) is 0 Å². The van der Waals surface area contributed by atoms with Crippen LogP contribution in [0.5, 0.6) is 11.6 Å². The van der Waals surface area contributed by atoms with Crippen molar-refractivity contribution in [3.8, 4) is 17.3 Å². The Hall–Kier alpha value is -3.97. The van der Waals surface area contributed by atoms with Gasteiger partial charge in [-0.3, -0.25) is 0 Å². The summed E-state index contributed by atoms with van der Waals surface area (Å²) in [6.07, 6.45) is 0. The fourth-order valence-electron chi connectivity index (χ4n) is 3.60. The average Bonchev–Trinajstić information content (AvgIpc) is 3.37. The molecular weight excluding hydrogens is 405 g/mol. The molecule has 0 amide bonds. The van der Waals surface area contributed by atoms with Crippen molar-refractivity contribution in [2.45, 2.75) is 20.0 Å². The second kappa shape index (κ2) is 8.64. The van der Waals surface area contributed by atoms with Crippen molar-refractivity contribution in [1.29, 1.82) is 0 Å². The Bertz CT molecular complexity index is 1310. The maximum atomic E-state index is 13.4. The van der Waals surface area contributed by atoms with Gasteiger partial charge in [0.2, 0.25) is 5.88 Å². The topological polar surface area (TPSA) is 67.8 Å². The van der Waals surface area contributed by atoms with Gasteiger partial charge >= 0.3 is 0 Å². The van der Waals surface area contributed by atoms with Gasteiger partial charge in [-0.1, -0.05) is 30.3 Å². The van der Waals surface area contributed by atoms with Crippen LogP contribution in [0.4, 0.5) is 4.39 Å². The Kier molecular flexibility index (Phi) is 5.39. The third-order valence-electron chi connectivity index (χ3n) is 5.20. The summed E-state index contributed by atoms with van der Waals surface area (Å²) in [6, 6.07) is 23.7. The van der Waals surface area contributed by atoms with E-state index >= 15 is 0 Å². The predicted octanol–water partition coefficient (Wildman–Crippen LogP) is 5.28. The first-order valence-corrected chi connectivity index (χ1v) is 10.4. The smallest absolute Gasteiger partial charge is 0.227 e. The summed E-state index contributed by atoms with van der Waals surface area (Å²) in [5.41, 5.74) is 4.61. The lowest BCUT2D eigenvalue weighted by Crippen LogP contribution is -2.14. The van der Waals surface area contributed by atoms with Gasteiger partial charge in [0.05, 0.1) is 34.5 Å². The zero-order chi connectivity index (χ0) is 21.9. The third kappa shape index (κ3) is 4.10. The van der Waals surface area contributed by atoms with E-state index in [-0.39, 0.29) is 5.82 Å². The maximum Gasteiger partial charge on any atom is 0.227 e. The molecule has 0 aliphatic heterocycles. The van der Waals surface area contributed by atoms with Crippen LogP contribution in [-0.2, 0) is 13.1 Å². The molecule has 2 N–H and O–H groups in total. The first-order valence-electron chi connectivity index (χ1n) is 10.4. The molecular formula is C25H22FN5O. The van der Waals surface area contributed by atoms with E-state index in [0.717, 1.165) is 33.8 Å². The summed E-state index contributed by atoms with van der Waals surface area (Å²) < 4.78 is 21.3. The van der Waals surface area contributed by atoms with Gasteiger partial charge in [-0.15, -0.1) is 0 Å². The number of aromatic nitrogens is 4. The van der Waals surface area contributed by atoms with E-state index in [1.165, 1.54) is 12.1 Å². The summed E-state index contributed by atoms with van der Waals surface area (Å²) in [4.78, 5) is 7.94. The Labute approximate surface area is 184 Å². The number of hydrogen-bond acceptors (Lipinski definition) is 4. The number of para-hydroxylation sites is 3. The normalized spacial score (nSPS) is 11.2. The van der Waals surface area contributed by atoms with Crippen molar-refractivity contribution in [1.82, 2.24) is 25.1 Å². The molecule has 160 valence electrons. The first-order chi connectivity index (χ1) is 15.7. The van der Waals surface area contributed by atoms with E-state index in [9.17, 15) is 4.39 Å². The molecule has 0 saturated carbocycles. The highest BCUT2D eigenvalue weighted by Crippen LogP contribution is 2.30. The van der Waals surface area contributed by atoms with E-state index in [1.54, 1.807) is 16.8 Å². The van der Waals surface area contributed by atoms with Crippen LogP contribution in [0.25, 0.3) is 16.7 Å². The van der Waals surface area contributed by atoms with Crippen molar-refractivity contribution in [3.63, 3.8) is 0 Å². The van der Waals surface area contributed by atoms with Crippen molar-refractivity contribution < 1.29 is 9.13 Å². The molecule has 0 radical (unpaired) electrons. The molecule has 0 aliphatic rings. The number of nitrogens with zero attached hydrogens (tertiary/aromatic N) is 3. The lowest BCUT2D eigenvalue weighted by molar-refractivity contribution is 0.435. The van der Waals surface area contributed by atoms with Gasteiger partial charge in [0, 0.05) is 6.54 Å². The van der Waals surface area contributed by atoms with E-state index in [0.29, 0.717) is 24.7 Å². The molecule has 32 heavy (non-hydrogen) atoms. The summed E-state index contributed by atoms with van der Waals surface area (Å²) in [5.74, 6) is 1.69. The van der Waals surface area contributed by atoms with Crippen molar-refractivity contribution in [2.75, 3.05) is 0 Å². The molecule has 0 fully saturated rings. The molecule has 5 aromatic rings. The number of aromatic amines is 1. The maximum absolute atomic E-state index is 13.4. The minimum Gasteiger partial charge on any atom is -0.439 e. The van der Waals surface area contributed by atoms with Crippen LogP contribution in [0, 0.1) is 12.7 Å². The summed E-state index contributed by atoms with van der Waals surface area (Å²) in [6.45, 7) is 3.06. The van der Waals surface area contributed by atoms with Gasteiger partial charge in [-0.25, -0.2) is 14.1 Å². The first kappa shape index (κ1) is 20.0. The second-order valence-corrected chi connectivity index (χ2v) is 7.48. The molecule has 0 spiro atoms. The third-order valence-corrected chi connectivity index (χ3v) is 5.20. The van der Waals surface area contributed by atoms with Crippen LogP contribution in [-0.4, -0.2) is 19.7 Å². The molecule has 2 heterocycles. The Morgan fingerprint density at radius 2 is 1.69 bits per heavy atom. The van der Waals surface area contributed by atoms with Crippen LogP contribution >= 0.6 is 0 Å². The van der Waals surface area contributed by atoms with Gasteiger partial charge in [0.25, 0.3) is 0 Å². The van der Waals surface area contributed by atoms with Crippen LogP contribution in [0.1, 0.15) is 17.1 Å². The van der Waals surface area contributed by atoms with Gasteiger partial charge in [0.1, 0.15) is 17.4 Å². The SMILES string of the molecule is Cc1nn(-c2ccccc2)c(Oc2ccc(F)cc2)c1CNCc1nc2ccccc2[nH]1. The van der Waals surface area contributed by atoms with Gasteiger partial charge in [0.15, 0.2) is 0 Å². The molecule has 6 nitrogen and oxygen atoms in total. The number of hydrogen-bond donors (Lipinski definition) is 2.